The highest BCUT2D eigenvalue weighted by molar-refractivity contribution is 5.82. The number of ether oxygens (including phenoxy) is 1. The van der Waals surface area contributed by atoms with Gasteiger partial charge in [-0.25, -0.2) is 0 Å². The molecule has 0 bridgehead atoms. The topological polar surface area (TPSA) is 85.9 Å². The second-order valence-corrected chi connectivity index (χ2v) is 5.15. The van der Waals surface area contributed by atoms with Gasteiger partial charge in [0.1, 0.15) is 11.6 Å². The Hall–Kier alpha value is -3.02. The number of carbonyl (C=O) groups is 1. The van der Waals surface area contributed by atoms with Crippen molar-refractivity contribution in [1.82, 2.24) is 5.32 Å². The van der Waals surface area contributed by atoms with Crippen LogP contribution in [0.1, 0.15) is 11.1 Å². The Morgan fingerprint density at radius 1 is 1.12 bits per heavy atom. The van der Waals surface area contributed by atoms with E-state index in [1.165, 1.54) is 0 Å². The maximum atomic E-state index is 11.7. The quantitative estimate of drug-likeness (QED) is 0.440. The standard InChI is InChI=1S/C18H21N3O3/c1-23-16-9-5-8-15(10-16)12-20-18(22)13-24-21-17(19)11-14-6-3-2-4-7-14/h2-10H,11-13H2,1H3,(H2,19,21)(H,20,22). The van der Waals surface area contributed by atoms with E-state index in [1.807, 2.05) is 54.6 Å². The van der Waals surface area contributed by atoms with E-state index >= 15 is 0 Å². The lowest BCUT2D eigenvalue weighted by atomic mass is 10.1. The monoisotopic (exact) mass is 327 g/mol. The van der Waals surface area contributed by atoms with Crippen LogP contribution in [-0.4, -0.2) is 25.5 Å². The van der Waals surface area contributed by atoms with Crippen LogP contribution in [0.4, 0.5) is 0 Å². The minimum Gasteiger partial charge on any atom is -0.497 e. The van der Waals surface area contributed by atoms with Crippen molar-refractivity contribution in [2.75, 3.05) is 13.7 Å². The maximum absolute atomic E-state index is 11.7. The van der Waals surface area contributed by atoms with Gasteiger partial charge < -0.3 is 20.6 Å². The zero-order valence-corrected chi connectivity index (χ0v) is 13.6. The van der Waals surface area contributed by atoms with Gasteiger partial charge in [-0.1, -0.05) is 47.6 Å². The summed E-state index contributed by atoms with van der Waals surface area (Å²) in [5.74, 6) is 0.798. The second kappa shape index (κ2) is 9.19. The summed E-state index contributed by atoms with van der Waals surface area (Å²) in [6, 6.07) is 17.2. The van der Waals surface area contributed by atoms with E-state index < -0.39 is 0 Å². The van der Waals surface area contributed by atoms with Gasteiger partial charge in [-0.3, -0.25) is 4.79 Å². The molecule has 6 heteroatoms. The highest BCUT2D eigenvalue weighted by Gasteiger charge is 2.03. The molecule has 0 spiro atoms. The highest BCUT2D eigenvalue weighted by atomic mass is 16.6. The van der Waals surface area contributed by atoms with Crippen LogP contribution in [0, 0.1) is 0 Å². The normalized spacial score (nSPS) is 11.0. The summed E-state index contributed by atoms with van der Waals surface area (Å²) in [5, 5.41) is 6.50. The van der Waals surface area contributed by atoms with E-state index in [9.17, 15) is 4.79 Å². The number of benzene rings is 2. The third-order valence-corrected chi connectivity index (χ3v) is 3.23. The molecule has 0 aliphatic carbocycles. The van der Waals surface area contributed by atoms with Gasteiger partial charge in [0.25, 0.3) is 5.91 Å². The first kappa shape index (κ1) is 17.3. The molecule has 2 aromatic carbocycles. The Kier molecular flexibility index (Phi) is 6.64. The van der Waals surface area contributed by atoms with Crippen molar-refractivity contribution in [3.8, 4) is 5.75 Å². The summed E-state index contributed by atoms with van der Waals surface area (Å²) < 4.78 is 5.13. The van der Waals surface area contributed by atoms with Crippen molar-refractivity contribution < 1.29 is 14.4 Å². The van der Waals surface area contributed by atoms with Crippen molar-refractivity contribution in [1.29, 1.82) is 0 Å². The fraction of sp³-hybridized carbons (Fsp3) is 0.222. The summed E-state index contributed by atoms with van der Waals surface area (Å²) in [6.07, 6.45) is 0.478. The lowest BCUT2D eigenvalue weighted by Crippen LogP contribution is -2.27. The summed E-state index contributed by atoms with van der Waals surface area (Å²) in [5.41, 5.74) is 7.74. The fourth-order valence-electron chi connectivity index (χ4n) is 2.05. The summed E-state index contributed by atoms with van der Waals surface area (Å²) in [6.45, 7) is 0.210. The second-order valence-electron chi connectivity index (χ2n) is 5.15. The van der Waals surface area contributed by atoms with Crippen LogP contribution in [0.3, 0.4) is 0 Å². The van der Waals surface area contributed by atoms with Gasteiger partial charge >= 0.3 is 0 Å². The number of nitrogens with two attached hydrogens (primary N) is 1. The Bertz CT molecular complexity index is 687. The van der Waals surface area contributed by atoms with Gasteiger partial charge in [-0.15, -0.1) is 0 Å². The zero-order chi connectivity index (χ0) is 17.2. The molecule has 0 radical (unpaired) electrons. The summed E-state index contributed by atoms with van der Waals surface area (Å²) in [4.78, 5) is 16.7. The number of nitrogens with zero attached hydrogens (tertiary/aromatic N) is 1. The van der Waals surface area contributed by atoms with Gasteiger partial charge in [0.15, 0.2) is 6.61 Å². The lowest BCUT2D eigenvalue weighted by molar-refractivity contribution is -0.125. The van der Waals surface area contributed by atoms with Crippen LogP contribution in [0.15, 0.2) is 59.8 Å². The predicted octanol–water partition coefficient (Wildman–Crippen LogP) is 1.84. The van der Waals surface area contributed by atoms with Gasteiger partial charge in [0.05, 0.1) is 7.11 Å². The third kappa shape index (κ3) is 6.00. The van der Waals surface area contributed by atoms with Crippen molar-refractivity contribution in [2.24, 2.45) is 10.9 Å². The molecule has 0 aliphatic heterocycles. The number of nitrogens with one attached hydrogen (secondary N) is 1. The number of oxime groups is 1. The average Bonchev–Trinajstić information content (AvgIpc) is 2.61. The van der Waals surface area contributed by atoms with Gasteiger partial charge in [0.2, 0.25) is 0 Å². The smallest absolute Gasteiger partial charge is 0.261 e. The molecule has 0 unspecified atom stereocenters. The van der Waals surface area contributed by atoms with E-state index in [0.717, 1.165) is 16.9 Å². The largest absolute Gasteiger partial charge is 0.497 e. The van der Waals surface area contributed by atoms with Gasteiger partial charge in [0, 0.05) is 13.0 Å². The molecule has 3 N–H and O–H groups in total. The van der Waals surface area contributed by atoms with Crippen LogP contribution in [0.5, 0.6) is 5.75 Å². The van der Waals surface area contributed by atoms with Crippen LogP contribution in [-0.2, 0) is 22.6 Å². The Morgan fingerprint density at radius 2 is 1.88 bits per heavy atom. The predicted molar refractivity (Wildman–Crippen MR) is 92.6 cm³/mol. The number of hydrogen-bond donors (Lipinski definition) is 2. The molecule has 0 saturated heterocycles. The Morgan fingerprint density at radius 3 is 2.62 bits per heavy atom. The molecule has 0 aromatic heterocycles. The number of carbonyl (C=O) groups excluding carboxylic acids is 1. The highest BCUT2D eigenvalue weighted by Crippen LogP contribution is 2.12. The minimum absolute atomic E-state index is 0.181. The molecule has 0 heterocycles. The number of amides is 1. The van der Waals surface area contributed by atoms with E-state index in [0.29, 0.717) is 18.8 Å². The average molecular weight is 327 g/mol. The lowest BCUT2D eigenvalue weighted by Gasteiger charge is -2.07. The van der Waals surface area contributed by atoms with Gasteiger partial charge in [-0.05, 0) is 23.3 Å². The third-order valence-electron chi connectivity index (χ3n) is 3.23. The SMILES string of the molecule is COc1cccc(CNC(=O)CO/N=C(\N)Cc2ccccc2)c1. The Labute approximate surface area is 141 Å². The fourth-order valence-corrected chi connectivity index (χ4v) is 2.05. The van der Waals surface area contributed by atoms with Crippen LogP contribution in [0.25, 0.3) is 0 Å². The van der Waals surface area contributed by atoms with Crippen molar-refractivity contribution >= 4 is 11.7 Å². The molecule has 1 amide bonds. The molecule has 2 rings (SSSR count). The molecule has 0 fully saturated rings. The van der Waals surface area contributed by atoms with Gasteiger partial charge in [-0.2, -0.15) is 0 Å². The molecular formula is C18H21N3O3. The first-order valence-corrected chi connectivity index (χ1v) is 7.55. The van der Waals surface area contributed by atoms with E-state index in [1.54, 1.807) is 7.11 Å². The molecule has 0 saturated carbocycles. The van der Waals surface area contributed by atoms with E-state index in [-0.39, 0.29) is 12.5 Å². The molecule has 24 heavy (non-hydrogen) atoms. The molecule has 0 atom stereocenters. The molecule has 6 nitrogen and oxygen atoms in total. The summed E-state index contributed by atoms with van der Waals surface area (Å²) >= 11 is 0. The zero-order valence-electron chi connectivity index (χ0n) is 13.6. The Balaban J connectivity index is 1.71. The molecular weight excluding hydrogens is 306 g/mol. The molecule has 0 aliphatic rings. The first-order chi connectivity index (χ1) is 11.7. The van der Waals surface area contributed by atoms with E-state index in [4.69, 9.17) is 15.3 Å². The van der Waals surface area contributed by atoms with Crippen LogP contribution >= 0.6 is 0 Å². The van der Waals surface area contributed by atoms with E-state index in [2.05, 4.69) is 10.5 Å². The molecule has 2 aromatic rings. The van der Waals surface area contributed by atoms with Crippen LogP contribution < -0.4 is 15.8 Å². The summed E-state index contributed by atoms with van der Waals surface area (Å²) in [7, 11) is 1.60. The maximum Gasteiger partial charge on any atom is 0.261 e. The number of hydrogen-bond acceptors (Lipinski definition) is 4. The molecule has 126 valence electrons. The number of rotatable bonds is 8. The number of amidine groups is 1. The minimum atomic E-state index is -0.269. The number of methoxy groups -OCH3 is 1. The van der Waals surface area contributed by atoms with Crippen LogP contribution in [0.2, 0.25) is 0 Å². The first-order valence-electron chi connectivity index (χ1n) is 7.55. The van der Waals surface area contributed by atoms with Crippen molar-refractivity contribution in [2.45, 2.75) is 13.0 Å². The van der Waals surface area contributed by atoms with Crippen molar-refractivity contribution in [3.05, 3.63) is 65.7 Å². The van der Waals surface area contributed by atoms with Crippen molar-refractivity contribution in [3.63, 3.8) is 0 Å².